The zero-order valence-electron chi connectivity index (χ0n) is 9.14. The Balaban J connectivity index is 1.96. The van der Waals surface area contributed by atoms with Crippen LogP contribution in [0.1, 0.15) is 12.8 Å². The largest absolute Gasteiger partial charge is 0.453 e. The molecular formula is C10H14N2O4. The van der Waals surface area contributed by atoms with E-state index >= 15 is 0 Å². The number of hydrogen-bond donors (Lipinski definition) is 0. The van der Waals surface area contributed by atoms with Gasteiger partial charge in [0, 0.05) is 26.1 Å². The first-order chi connectivity index (χ1) is 7.63. The maximum absolute atomic E-state index is 11.5. The van der Waals surface area contributed by atoms with E-state index in [4.69, 9.17) is 0 Å². The molecule has 6 nitrogen and oxygen atoms in total. The van der Waals surface area contributed by atoms with E-state index < -0.39 is 5.91 Å². The van der Waals surface area contributed by atoms with Crippen LogP contribution in [0.5, 0.6) is 0 Å². The molecular weight excluding hydrogens is 212 g/mol. The first-order valence-electron chi connectivity index (χ1n) is 5.30. The number of likely N-dealkylation sites (tertiary alicyclic amines) is 2. The third kappa shape index (κ3) is 1.75. The topological polar surface area (TPSA) is 66.9 Å². The van der Waals surface area contributed by atoms with E-state index in [1.807, 2.05) is 0 Å². The fourth-order valence-corrected chi connectivity index (χ4v) is 2.23. The van der Waals surface area contributed by atoms with Crippen molar-refractivity contribution in [1.82, 2.24) is 9.80 Å². The number of ether oxygens (including phenoxy) is 1. The summed E-state index contributed by atoms with van der Waals surface area (Å²) in [7, 11) is 1.33. The number of ketones is 1. The summed E-state index contributed by atoms with van der Waals surface area (Å²) in [5, 5.41) is 0. The van der Waals surface area contributed by atoms with Gasteiger partial charge in [0.05, 0.1) is 13.2 Å². The number of rotatable bonds is 1. The molecule has 0 spiro atoms. The van der Waals surface area contributed by atoms with Crippen LogP contribution >= 0.6 is 0 Å². The molecule has 2 aliphatic heterocycles. The van der Waals surface area contributed by atoms with Gasteiger partial charge >= 0.3 is 6.09 Å². The smallest absolute Gasteiger partial charge is 0.409 e. The Labute approximate surface area is 93.1 Å². The molecule has 2 amide bonds. The quantitative estimate of drug-likeness (QED) is 0.572. The zero-order valence-corrected chi connectivity index (χ0v) is 9.14. The van der Waals surface area contributed by atoms with Gasteiger partial charge in [-0.3, -0.25) is 9.59 Å². The Hall–Kier alpha value is -1.59. The fraction of sp³-hybridized carbons (Fsp3) is 0.700. The van der Waals surface area contributed by atoms with Crippen molar-refractivity contribution in [3.8, 4) is 0 Å². The van der Waals surface area contributed by atoms with Crippen LogP contribution in [0.3, 0.4) is 0 Å². The van der Waals surface area contributed by atoms with Crippen LogP contribution in [0.4, 0.5) is 4.79 Å². The van der Waals surface area contributed by atoms with Crippen LogP contribution in [0, 0.1) is 0 Å². The van der Waals surface area contributed by atoms with E-state index in [2.05, 4.69) is 4.74 Å². The lowest BCUT2D eigenvalue weighted by atomic mass is 10.2. The van der Waals surface area contributed by atoms with Crippen molar-refractivity contribution in [2.45, 2.75) is 18.9 Å². The van der Waals surface area contributed by atoms with Crippen molar-refractivity contribution in [2.24, 2.45) is 0 Å². The molecule has 0 aliphatic carbocycles. The van der Waals surface area contributed by atoms with Gasteiger partial charge in [-0.1, -0.05) is 0 Å². The van der Waals surface area contributed by atoms with Crippen molar-refractivity contribution < 1.29 is 19.1 Å². The molecule has 88 valence electrons. The first-order valence-corrected chi connectivity index (χ1v) is 5.30. The Morgan fingerprint density at radius 3 is 2.69 bits per heavy atom. The van der Waals surface area contributed by atoms with Crippen LogP contribution in [0.2, 0.25) is 0 Å². The van der Waals surface area contributed by atoms with E-state index in [1.165, 1.54) is 7.11 Å². The Bertz CT molecular complexity index is 342. The minimum absolute atomic E-state index is 0.0296. The highest BCUT2D eigenvalue weighted by Gasteiger charge is 2.38. The molecule has 0 radical (unpaired) electrons. The summed E-state index contributed by atoms with van der Waals surface area (Å²) in [4.78, 5) is 37.0. The number of amides is 2. The Morgan fingerprint density at radius 1 is 1.38 bits per heavy atom. The summed E-state index contributed by atoms with van der Waals surface area (Å²) in [5.74, 6) is -0.728. The first kappa shape index (κ1) is 10.9. The molecule has 2 saturated heterocycles. The Morgan fingerprint density at radius 2 is 2.12 bits per heavy atom. The van der Waals surface area contributed by atoms with E-state index in [0.29, 0.717) is 32.5 Å². The van der Waals surface area contributed by atoms with Gasteiger partial charge in [-0.15, -0.1) is 0 Å². The maximum Gasteiger partial charge on any atom is 0.409 e. The summed E-state index contributed by atoms with van der Waals surface area (Å²) in [6.45, 7) is 1.53. The number of carbonyl (C=O) groups excluding carboxylic acids is 3. The second-order valence-corrected chi connectivity index (χ2v) is 4.03. The second-order valence-electron chi connectivity index (χ2n) is 4.03. The molecule has 2 aliphatic rings. The Kier molecular flexibility index (Phi) is 2.80. The standard InChI is InChI=1S/C10H14N2O4/c1-16-10(15)11-4-2-7(6-11)12-5-3-8(13)9(12)14/h7H,2-6H2,1H3/t7-/m1/s1. The van der Waals surface area contributed by atoms with Gasteiger partial charge in [0.1, 0.15) is 0 Å². The third-order valence-corrected chi connectivity index (χ3v) is 3.12. The highest BCUT2D eigenvalue weighted by molar-refractivity contribution is 6.37. The van der Waals surface area contributed by atoms with Gasteiger partial charge < -0.3 is 14.5 Å². The zero-order chi connectivity index (χ0) is 11.7. The van der Waals surface area contributed by atoms with E-state index in [9.17, 15) is 14.4 Å². The van der Waals surface area contributed by atoms with Crippen molar-refractivity contribution in [1.29, 1.82) is 0 Å². The van der Waals surface area contributed by atoms with Gasteiger partial charge in [0.25, 0.3) is 5.91 Å². The number of carbonyl (C=O) groups is 3. The summed E-state index contributed by atoms with van der Waals surface area (Å²) >= 11 is 0. The molecule has 0 aromatic rings. The summed E-state index contributed by atoms with van der Waals surface area (Å²) in [6, 6.07) is -0.0296. The molecule has 0 aromatic carbocycles. The summed E-state index contributed by atoms with van der Waals surface area (Å²) in [6.07, 6.45) is 0.641. The van der Waals surface area contributed by atoms with Crippen LogP contribution < -0.4 is 0 Å². The lowest BCUT2D eigenvalue weighted by Crippen LogP contribution is -2.40. The minimum Gasteiger partial charge on any atom is -0.453 e. The average Bonchev–Trinajstić information content (AvgIpc) is 2.87. The summed E-state index contributed by atoms with van der Waals surface area (Å²) < 4.78 is 4.61. The van der Waals surface area contributed by atoms with Gasteiger partial charge in [0.15, 0.2) is 0 Å². The highest BCUT2D eigenvalue weighted by atomic mass is 16.5. The maximum atomic E-state index is 11.5. The molecule has 0 bridgehead atoms. The van der Waals surface area contributed by atoms with E-state index in [0.717, 1.165) is 0 Å². The van der Waals surface area contributed by atoms with Crippen LogP contribution in [0.25, 0.3) is 0 Å². The van der Waals surface area contributed by atoms with Gasteiger partial charge in [0.2, 0.25) is 5.78 Å². The lowest BCUT2D eigenvalue weighted by molar-refractivity contribution is -0.141. The summed E-state index contributed by atoms with van der Waals surface area (Å²) in [5.41, 5.74) is 0. The minimum atomic E-state index is -0.406. The lowest BCUT2D eigenvalue weighted by Gasteiger charge is -2.22. The fourth-order valence-electron chi connectivity index (χ4n) is 2.23. The van der Waals surface area contributed by atoms with Gasteiger partial charge in [-0.05, 0) is 6.42 Å². The van der Waals surface area contributed by atoms with Crippen LogP contribution in [-0.4, -0.2) is 60.4 Å². The molecule has 16 heavy (non-hydrogen) atoms. The van der Waals surface area contributed by atoms with Crippen molar-refractivity contribution in [2.75, 3.05) is 26.7 Å². The van der Waals surface area contributed by atoms with Gasteiger partial charge in [-0.25, -0.2) is 4.79 Å². The molecule has 0 aromatic heterocycles. The molecule has 0 unspecified atom stereocenters. The molecule has 2 fully saturated rings. The van der Waals surface area contributed by atoms with E-state index in [-0.39, 0.29) is 17.9 Å². The molecule has 0 saturated carbocycles. The van der Waals surface area contributed by atoms with E-state index in [1.54, 1.807) is 9.80 Å². The normalized spacial score (nSPS) is 25.4. The number of methoxy groups -OCH3 is 1. The van der Waals surface area contributed by atoms with Crippen molar-refractivity contribution >= 4 is 17.8 Å². The van der Waals surface area contributed by atoms with Gasteiger partial charge in [-0.2, -0.15) is 0 Å². The SMILES string of the molecule is COC(=O)N1CC[C@@H](N2CCC(=O)C2=O)C1. The third-order valence-electron chi connectivity index (χ3n) is 3.12. The highest BCUT2D eigenvalue weighted by Crippen LogP contribution is 2.20. The molecule has 0 N–H and O–H groups in total. The number of nitrogens with zero attached hydrogens (tertiary/aromatic N) is 2. The predicted octanol–water partition coefficient (Wildman–Crippen LogP) is -0.372. The number of Topliss-reactive ketones (excluding diaryl/α,β-unsaturated/α-hetero) is 1. The van der Waals surface area contributed by atoms with Crippen LogP contribution in [-0.2, 0) is 14.3 Å². The second kappa shape index (κ2) is 4.11. The van der Waals surface area contributed by atoms with Crippen molar-refractivity contribution in [3.63, 3.8) is 0 Å². The monoisotopic (exact) mass is 226 g/mol. The number of hydrogen-bond acceptors (Lipinski definition) is 4. The molecule has 6 heteroatoms. The molecule has 2 heterocycles. The molecule has 2 rings (SSSR count). The van der Waals surface area contributed by atoms with Crippen molar-refractivity contribution in [3.05, 3.63) is 0 Å². The molecule has 1 atom stereocenters. The predicted molar refractivity (Wildman–Crippen MR) is 53.7 cm³/mol. The average molecular weight is 226 g/mol. The van der Waals surface area contributed by atoms with Crippen LogP contribution in [0.15, 0.2) is 0 Å².